The number of nitrogens with one attached hydrogen (secondary N) is 1. The van der Waals surface area contributed by atoms with E-state index < -0.39 is 29.6 Å². The van der Waals surface area contributed by atoms with Crippen LogP contribution in [0.5, 0.6) is 0 Å². The van der Waals surface area contributed by atoms with Crippen LogP contribution in [0.1, 0.15) is 18.4 Å². The lowest BCUT2D eigenvalue weighted by Crippen LogP contribution is -2.42. The molecule has 21 heavy (non-hydrogen) atoms. The second-order valence-corrected chi connectivity index (χ2v) is 4.42. The van der Waals surface area contributed by atoms with Crippen molar-refractivity contribution in [3.05, 3.63) is 48.1 Å². The highest BCUT2D eigenvalue weighted by Gasteiger charge is 2.21. The van der Waals surface area contributed by atoms with E-state index in [2.05, 4.69) is 16.6 Å². The van der Waals surface area contributed by atoms with Crippen molar-refractivity contribution < 1.29 is 23.1 Å². The first kappa shape index (κ1) is 16.8. The topological polar surface area (TPSA) is 55.4 Å². The van der Waals surface area contributed by atoms with Gasteiger partial charge in [0.25, 0.3) is 0 Å². The number of halogens is 2. The normalized spacial score (nSPS) is 11.6. The van der Waals surface area contributed by atoms with Crippen molar-refractivity contribution in [1.29, 1.82) is 0 Å². The van der Waals surface area contributed by atoms with Crippen LogP contribution in [0, 0.1) is 11.6 Å². The molecule has 4 nitrogen and oxygen atoms in total. The molecule has 0 unspecified atom stereocenters. The van der Waals surface area contributed by atoms with Gasteiger partial charge in [-0.15, -0.1) is 6.58 Å². The van der Waals surface area contributed by atoms with Gasteiger partial charge in [-0.2, -0.15) is 0 Å². The Labute approximate surface area is 121 Å². The molecule has 1 N–H and O–H groups in total. The lowest BCUT2D eigenvalue weighted by atomic mass is 10.1. The van der Waals surface area contributed by atoms with Gasteiger partial charge in [-0.3, -0.25) is 4.79 Å². The highest BCUT2D eigenvalue weighted by molar-refractivity contribution is 5.85. The number of hydrogen-bond acceptors (Lipinski definition) is 3. The molecule has 0 heterocycles. The zero-order chi connectivity index (χ0) is 15.8. The third-order valence-electron chi connectivity index (χ3n) is 2.85. The van der Waals surface area contributed by atoms with E-state index in [9.17, 15) is 18.4 Å². The smallest absolute Gasteiger partial charge is 0.328 e. The highest BCUT2D eigenvalue weighted by atomic mass is 19.1. The van der Waals surface area contributed by atoms with Crippen LogP contribution in [-0.4, -0.2) is 25.0 Å². The van der Waals surface area contributed by atoms with Gasteiger partial charge in [-0.1, -0.05) is 12.1 Å². The summed E-state index contributed by atoms with van der Waals surface area (Å²) in [7, 11) is 1.22. The average Bonchev–Trinajstić information content (AvgIpc) is 2.45. The number of methoxy groups -OCH3 is 1. The Kier molecular flexibility index (Phi) is 6.52. The minimum atomic E-state index is -0.816. The lowest BCUT2D eigenvalue weighted by Gasteiger charge is -2.15. The fourth-order valence-electron chi connectivity index (χ4n) is 1.76. The molecular formula is C15H17F2NO3. The van der Waals surface area contributed by atoms with Gasteiger partial charge in [0.2, 0.25) is 5.91 Å². The SMILES string of the molecule is C=CCC[C@H](NC(=O)Cc1ccc(F)cc1F)C(=O)OC. The summed E-state index contributed by atoms with van der Waals surface area (Å²) in [6.07, 6.45) is 2.19. The summed E-state index contributed by atoms with van der Waals surface area (Å²) >= 11 is 0. The van der Waals surface area contributed by atoms with E-state index in [0.717, 1.165) is 6.07 Å². The molecule has 0 aliphatic rings. The van der Waals surface area contributed by atoms with Crippen LogP contribution in [0.3, 0.4) is 0 Å². The van der Waals surface area contributed by atoms with Gasteiger partial charge in [0.1, 0.15) is 17.7 Å². The summed E-state index contributed by atoms with van der Waals surface area (Å²) < 4.78 is 30.8. The number of carbonyl (C=O) groups is 2. The maximum absolute atomic E-state index is 13.5. The van der Waals surface area contributed by atoms with Crippen LogP contribution in [0.4, 0.5) is 8.78 Å². The van der Waals surface area contributed by atoms with Gasteiger partial charge in [-0.05, 0) is 24.5 Å². The first-order chi connectivity index (χ1) is 9.97. The average molecular weight is 297 g/mol. The summed E-state index contributed by atoms with van der Waals surface area (Å²) in [6, 6.07) is 2.16. The van der Waals surface area contributed by atoms with Crippen LogP contribution in [0.2, 0.25) is 0 Å². The van der Waals surface area contributed by atoms with Crippen LogP contribution in [-0.2, 0) is 20.7 Å². The third-order valence-corrected chi connectivity index (χ3v) is 2.85. The number of rotatable bonds is 7. The first-order valence-corrected chi connectivity index (χ1v) is 6.40. The number of amides is 1. The molecule has 1 rings (SSSR count). The van der Waals surface area contributed by atoms with Gasteiger partial charge in [0.05, 0.1) is 13.5 Å². The second kappa shape index (κ2) is 8.14. The maximum Gasteiger partial charge on any atom is 0.328 e. The van der Waals surface area contributed by atoms with E-state index in [4.69, 9.17) is 0 Å². The van der Waals surface area contributed by atoms with E-state index in [-0.39, 0.29) is 12.0 Å². The van der Waals surface area contributed by atoms with Gasteiger partial charge in [0, 0.05) is 6.07 Å². The molecule has 0 aromatic heterocycles. The third kappa shape index (κ3) is 5.33. The Morgan fingerprint density at radius 1 is 1.43 bits per heavy atom. The Bertz CT molecular complexity index is 532. The predicted molar refractivity (Wildman–Crippen MR) is 73.4 cm³/mol. The van der Waals surface area contributed by atoms with Crippen molar-refractivity contribution >= 4 is 11.9 Å². The van der Waals surface area contributed by atoms with Crippen molar-refractivity contribution in [3.8, 4) is 0 Å². The summed E-state index contributed by atoms with van der Waals surface area (Å²) in [4.78, 5) is 23.4. The van der Waals surface area contributed by atoms with Crippen molar-refractivity contribution in [1.82, 2.24) is 5.32 Å². The van der Waals surface area contributed by atoms with E-state index in [1.807, 2.05) is 0 Å². The molecule has 0 aliphatic heterocycles. The molecule has 1 aromatic carbocycles. The molecule has 114 valence electrons. The molecule has 0 fully saturated rings. The van der Waals surface area contributed by atoms with Crippen LogP contribution in [0.15, 0.2) is 30.9 Å². The number of esters is 1. The van der Waals surface area contributed by atoms with Gasteiger partial charge < -0.3 is 10.1 Å². The van der Waals surface area contributed by atoms with Crippen LogP contribution >= 0.6 is 0 Å². The lowest BCUT2D eigenvalue weighted by molar-refractivity contribution is -0.145. The van der Waals surface area contributed by atoms with E-state index >= 15 is 0 Å². The molecule has 6 heteroatoms. The van der Waals surface area contributed by atoms with Gasteiger partial charge in [0.15, 0.2) is 0 Å². The van der Waals surface area contributed by atoms with E-state index in [1.54, 1.807) is 6.08 Å². The molecule has 0 aliphatic carbocycles. The Morgan fingerprint density at radius 2 is 2.14 bits per heavy atom. The van der Waals surface area contributed by atoms with Crippen molar-refractivity contribution in [2.24, 2.45) is 0 Å². The molecule has 0 spiro atoms. The number of carbonyl (C=O) groups excluding carboxylic acids is 2. The Morgan fingerprint density at radius 3 is 2.71 bits per heavy atom. The zero-order valence-corrected chi connectivity index (χ0v) is 11.7. The summed E-state index contributed by atoms with van der Waals surface area (Å²) in [6.45, 7) is 3.53. The number of benzene rings is 1. The molecule has 1 amide bonds. The summed E-state index contributed by atoms with van der Waals surface area (Å²) in [5.74, 6) is -2.63. The molecule has 0 saturated heterocycles. The second-order valence-electron chi connectivity index (χ2n) is 4.42. The minimum absolute atomic E-state index is 0.0567. The number of ether oxygens (including phenoxy) is 1. The van der Waals surface area contributed by atoms with Crippen molar-refractivity contribution in [3.63, 3.8) is 0 Å². The monoisotopic (exact) mass is 297 g/mol. The molecule has 1 aromatic rings. The highest BCUT2D eigenvalue weighted by Crippen LogP contribution is 2.10. The quantitative estimate of drug-likeness (QED) is 0.619. The maximum atomic E-state index is 13.5. The Balaban J connectivity index is 2.68. The van der Waals surface area contributed by atoms with Crippen molar-refractivity contribution in [2.75, 3.05) is 7.11 Å². The predicted octanol–water partition coefficient (Wildman–Crippen LogP) is 2.13. The largest absolute Gasteiger partial charge is 0.467 e. The first-order valence-electron chi connectivity index (χ1n) is 6.40. The minimum Gasteiger partial charge on any atom is -0.467 e. The van der Waals surface area contributed by atoms with Crippen LogP contribution in [0.25, 0.3) is 0 Å². The molecule has 1 atom stereocenters. The van der Waals surface area contributed by atoms with Gasteiger partial charge in [-0.25, -0.2) is 13.6 Å². The van der Waals surface area contributed by atoms with Crippen LogP contribution < -0.4 is 5.32 Å². The van der Waals surface area contributed by atoms with E-state index in [1.165, 1.54) is 13.2 Å². The standard InChI is InChI=1S/C15H17F2NO3/c1-3-4-5-13(15(20)21-2)18-14(19)8-10-6-7-11(16)9-12(10)17/h3,6-7,9,13H,1,4-5,8H2,2H3,(H,18,19)/t13-/m0/s1. The number of allylic oxidation sites excluding steroid dienone is 1. The van der Waals surface area contributed by atoms with Crippen molar-refractivity contribution in [2.45, 2.75) is 25.3 Å². The fraction of sp³-hybridized carbons (Fsp3) is 0.333. The van der Waals surface area contributed by atoms with E-state index in [0.29, 0.717) is 18.9 Å². The zero-order valence-electron chi connectivity index (χ0n) is 11.7. The van der Waals surface area contributed by atoms with Gasteiger partial charge >= 0.3 is 5.97 Å². The summed E-state index contributed by atoms with van der Waals surface area (Å²) in [5, 5.41) is 2.47. The number of hydrogen-bond donors (Lipinski definition) is 1. The Hall–Kier alpha value is -2.24. The fourth-order valence-corrected chi connectivity index (χ4v) is 1.76. The molecule has 0 saturated carbocycles. The summed E-state index contributed by atoms with van der Waals surface area (Å²) in [5.41, 5.74) is 0.0567. The molecule has 0 bridgehead atoms. The molecule has 0 radical (unpaired) electrons. The molecular weight excluding hydrogens is 280 g/mol.